The van der Waals surface area contributed by atoms with Gasteiger partial charge in [-0.2, -0.15) is 0 Å². The Morgan fingerprint density at radius 3 is 0.685 bits per heavy atom. The summed E-state index contributed by atoms with van der Waals surface area (Å²) in [5, 5.41) is 0. The van der Waals surface area contributed by atoms with E-state index in [0.717, 1.165) is 33.4 Å². The van der Waals surface area contributed by atoms with Crippen molar-refractivity contribution in [1.82, 2.24) is 29.9 Å². The Kier molecular flexibility index (Phi) is 9.57. The molecule has 3 aromatic carbocycles. The minimum Gasteiger partial charge on any atom is -0.252 e. The van der Waals surface area contributed by atoms with Crippen LogP contribution in [0.5, 0.6) is 0 Å². The summed E-state index contributed by atoms with van der Waals surface area (Å²) in [5.74, 6) is 1.37. The Bertz CT molecular complexity index is 2070. The lowest BCUT2D eigenvalue weighted by Gasteiger charge is -2.19. The molecule has 54 heavy (non-hydrogen) atoms. The summed E-state index contributed by atoms with van der Waals surface area (Å²) in [6, 6.07) is 38.1. The maximum atomic E-state index is 4.90. The minimum absolute atomic E-state index is 0.0918. The van der Waals surface area contributed by atoms with Crippen molar-refractivity contribution < 1.29 is 0 Å². The van der Waals surface area contributed by atoms with Crippen molar-refractivity contribution in [2.24, 2.45) is 0 Å². The highest BCUT2D eigenvalue weighted by Gasteiger charge is 2.18. The second-order valence-corrected chi connectivity index (χ2v) is 17.1. The molecular weight excluding hydrogens is 661 g/mol. The summed E-state index contributed by atoms with van der Waals surface area (Å²) in [6.07, 6.45) is 5.63. The van der Waals surface area contributed by atoms with Crippen LogP contribution in [-0.2, 0) is 16.2 Å². The average molecular weight is 709 g/mol. The van der Waals surface area contributed by atoms with Crippen molar-refractivity contribution in [2.75, 3.05) is 0 Å². The average Bonchev–Trinajstić information content (AvgIpc) is 3.17. The van der Waals surface area contributed by atoms with E-state index < -0.39 is 0 Å². The second kappa shape index (κ2) is 14.2. The molecule has 6 heteroatoms. The van der Waals surface area contributed by atoms with E-state index in [1.54, 1.807) is 0 Å². The van der Waals surface area contributed by atoms with Crippen molar-refractivity contribution in [1.29, 1.82) is 0 Å². The van der Waals surface area contributed by atoms with E-state index in [-0.39, 0.29) is 16.2 Å². The van der Waals surface area contributed by atoms with Crippen molar-refractivity contribution in [3.8, 4) is 67.9 Å². The van der Waals surface area contributed by atoms with E-state index in [1.807, 2.05) is 36.8 Å². The lowest BCUT2D eigenvalue weighted by atomic mass is 9.86. The molecule has 0 saturated carbocycles. The van der Waals surface area contributed by atoms with Crippen LogP contribution in [0, 0.1) is 0 Å². The van der Waals surface area contributed by atoms with Crippen molar-refractivity contribution in [3.05, 3.63) is 144 Å². The SMILES string of the molecule is CC(C)(C)c1ccc(-c2ccc(-c3nc(-c4ccc(-c5ccc(C(C)(C)C)cc5)cn4)nc(-c4ccc(-c5ccc(C(C)(C)C)cc5)cn4)n3)nc2)cc1. The van der Waals surface area contributed by atoms with Gasteiger partial charge in [0.1, 0.15) is 17.1 Å². The predicted molar refractivity (Wildman–Crippen MR) is 222 cm³/mol. The molecule has 0 bridgehead atoms. The molecule has 0 saturated heterocycles. The van der Waals surface area contributed by atoms with Crippen LogP contribution in [0.4, 0.5) is 0 Å². The highest BCUT2D eigenvalue weighted by molar-refractivity contribution is 5.70. The van der Waals surface area contributed by atoms with Crippen molar-refractivity contribution in [2.45, 2.75) is 78.6 Å². The number of hydrogen-bond donors (Lipinski definition) is 0. The summed E-state index contributed by atoms with van der Waals surface area (Å²) >= 11 is 0. The molecule has 7 rings (SSSR count). The third-order valence-electron chi connectivity index (χ3n) is 9.87. The summed E-state index contributed by atoms with van der Waals surface area (Å²) in [4.78, 5) is 29.2. The van der Waals surface area contributed by atoms with Gasteiger partial charge in [0.25, 0.3) is 0 Å². The molecule has 0 fully saturated rings. The second-order valence-electron chi connectivity index (χ2n) is 17.1. The van der Waals surface area contributed by atoms with Gasteiger partial charge in [-0.15, -0.1) is 0 Å². The number of hydrogen-bond acceptors (Lipinski definition) is 6. The number of pyridine rings is 3. The molecule has 0 aliphatic heterocycles. The molecule has 0 amide bonds. The highest BCUT2D eigenvalue weighted by Crippen LogP contribution is 2.31. The van der Waals surface area contributed by atoms with Crippen LogP contribution >= 0.6 is 0 Å². The lowest BCUT2D eigenvalue weighted by Crippen LogP contribution is -2.10. The third kappa shape index (κ3) is 8.03. The Morgan fingerprint density at radius 1 is 0.278 bits per heavy atom. The van der Waals surface area contributed by atoms with Crippen LogP contribution in [0.25, 0.3) is 67.9 Å². The van der Waals surface area contributed by atoms with Crippen LogP contribution in [0.3, 0.4) is 0 Å². The molecule has 7 aromatic rings. The fourth-order valence-electron chi connectivity index (χ4n) is 6.30. The molecule has 0 atom stereocenters. The zero-order chi connectivity index (χ0) is 38.3. The normalized spacial score (nSPS) is 12.2. The molecule has 0 aliphatic rings. The van der Waals surface area contributed by atoms with Crippen LogP contribution in [0.2, 0.25) is 0 Å². The molecule has 0 radical (unpaired) electrons. The maximum absolute atomic E-state index is 4.90. The van der Waals surface area contributed by atoms with Gasteiger partial charge in [-0.1, -0.05) is 153 Å². The molecule has 6 nitrogen and oxygen atoms in total. The van der Waals surface area contributed by atoms with Crippen LogP contribution in [-0.4, -0.2) is 29.9 Å². The molecule has 0 spiro atoms. The van der Waals surface area contributed by atoms with Gasteiger partial charge in [-0.3, -0.25) is 15.0 Å². The van der Waals surface area contributed by atoms with Gasteiger partial charge in [-0.05, 0) is 67.8 Å². The number of nitrogens with zero attached hydrogens (tertiary/aromatic N) is 6. The van der Waals surface area contributed by atoms with Crippen molar-refractivity contribution in [3.63, 3.8) is 0 Å². The first-order chi connectivity index (χ1) is 25.6. The van der Waals surface area contributed by atoms with Crippen molar-refractivity contribution >= 4 is 0 Å². The Labute approximate surface area is 319 Å². The van der Waals surface area contributed by atoms with E-state index in [2.05, 4.69) is 153 Å². The molecule has 4 heterocycles. The first kappa shape index (κ1) is 36.5. The lowest BCUT2D eigenvalue weighted by molar-refractivity contribution is 0.590. The third-order valence-corrected chi connectivity index (χ3v) is 9.87. The topological polar surface area (TPSA) is 77.3 Å². The van der Waals surface area contributed by atoms with Gasteiger partial charge in [0.15, 0.2) is 17.5 Å². The highest BCUT2D eigenvalue weighted by atomic mass is 15.1. The Hall–Kier alpha value is -5.88. The van der Waals surface area contributed by atoms with E-state index in [9.17, 15) is 0 Å². The van der Waals surface area contributed by atoms with Gasteiger partial charge in [0, 0.05) is 35.3 Å². The first-order valence-corrected chi connectivity index (χ1v) is 18.6. The quantitative estimate of drug-likeness (QED) is 0.171. The number of rotatable bonds is 6. The van der Waals surface area contributed by atoms with Crippen LogP contribution in [0.15, 0.2) is 128 Å². The minimum atomic E-state index is 0.0918. The summed E-state index contributed by atoms with van der Waals surface area (Å²) in [5.41, 5.74) is 12.5. The van der Waals surface area contributed by atoms with Gasteiger partial charge in [0.05, 0.1) is 0 Å². The molecule has 4 aromatic heterocycles. The zero-order valence-electron chi connectivity index (χ0n) is 32.8. The first-order valence-electron chi connectivity index (χ1n) is 18.6. The number of benzene rings is 3. The Balaban J connectivity index is 1.23. The maximum Gasteiger partial charge on any atom is 0.182 e. The van der Waals surface area contributed by atoms with Gasteiger partial charge >= 0.3 is 0 Å². The monoisotopic (exact) mass is 708 g/mol. The smallest absolute Gasteiger partial charge is 0.182 e. The molecule has 0 aliphatic carbocycles. The van der Waals surface area contributed by atoms with E-state index in [4.69, 9.17) is 29.9 Å². The van der Waals surface area contributed by atoms with Crippen LogP contribution in [0.1, 0.15) is 79.0 Å². The summed E-state index contributed by atoms with van der Waals surface area (Å²) in [6.45, 7) is 20.0. The van der Waals surface area contributed by atoms with E-state index in [1.165, 1.54) is 16.7 Å². The van der Waals surface area contributed by atoms with Gasteiger partial charge < -0.3 is 0 Å². The fraction of sp³-hybridized carbons (Fsp3) is 0.250. The predicted octanol–water partition coefficient (Wildman–Crippen LogP) is 12.0. The zero-order valence-corrected chi connectivity index (χ0v) is 32.8. The van der Waals surface area contributed by atoms with E-state index in [0.29, 0.717) is 34.6 Å². The standard InChI is InChI=1S/C48H48N6/c1-46(2,3)37-19-10-31(11-20-37)34-16-25-40(49-28-34)43-52-44(41-26-17-35(29-50-41)32-12-21-38(22-13-32)47(4,5)6)54-45(53-43)42-27-18-36(30-51-42)33-14-23-39(24-15-33)48(7,8)9/h10-30H,1-9H3. The fourth-order valence-corrected chi connectivity index (χ4v) is 6.30. The summed E-state index contributed by atoms with van der Waals surface area (Å²) < 4.78 is 0. The molecule has 0 unspecified atom stereocenters. The molecule has 270 valence electrons. The molecule has 0 N–H and O–H groups in total. The number of aromatic nitrogens is 6. The molecular formula is C48H48N6. The summed E-state index contributed by atoms with van der Waals surface area (Å²) in [7, 11) is 0. The van der Waals surface area contributed by atoms with E-state index >= 15 is 0 Å². The Morgan fingerprint density at radius 2 is 0.500 bits per heavy atom. The van der Waals surface area contributed by atoms with Gasteiger partial charge in [0.2, 0.25) is 0 Å². The largest absolute Gasteiger partial charge is 0.252 e. The van der Waals surface area contributed by atoms with Gasteiger partial charge in [-0.25, -0.2) is 15.0 Å². The van der Waals surface area contributed by atoms with Crippen LogP contribution < -0.4 is 0 Å².